The molecule has 1 heterocycles. The van der Waals surface area contributed by atoms with Crippen molar-refractivity contribution in [3.8, 4) is 12.3 Å². The highest BCUT2D eigenvalue weighted by molar-refractivity contribution is 5.15. The predicted octanol–water partition coefficient (Wildman–Crippen LogP) is 1.90. The van der Waals surface area contributed by atoms with E-state index in [4.69, 9.17) is 10.8 Å². The van der Waals surface area contributed by atoms with Crippen molar-refractivity contribution < 1.29 is 9.52 Å². The van der Waals surface area contributed by atoms with Crippen molar-refractivity contribution in [2.24, 2.45) is 0 Å². The molecule has 2 nitrogen and oxygen atoms in total. The third-order valence-corrected chi connectivity index (χ3v) is 1.90. The second kappa shape index (κ2) is 3.46. The monoisotopic (exact) mass is 164 g/mol. The van der Waals surface area contributed by atoms with Gasteiger partial charge in [0.15, 0.2) is 0 Å². The van der Waals surface area contributed by atoms with Crippen molar-refractivity contribution in [2.45, 2.75) is 25.4 Å². The average molecular weight is 164 g/mol. The molecule has 1 aromatic heterocycles. The molecule has 1 rings (SSSR count). The Kier molecular flexibility index (Phi) is 2.57. The molecule has 1 unspecified atom stereocenters. The number of rotatable bonds is 3. The molecule has 0 aliphatic heterocycles. The number of aliphatic hydroxyl groups is 1. The van der Waals surface area contributed by atoms with Crippen molar-refractivity contribution in [1.82, 2.24) is 0 Å². The van der Waals surface area contributed by atoms with Crippen LogP contribution in [0.25, 0.3) is 0 Å². The van der Waals surface area contributed by atoms with Gasteiger partial charge in [0.1, 0.15) is 0 Å². The largest absolute Gasteiger partial charge is 0.472 e. The molecule has 0 aromatic carbocycles. The highest BCUT2D eigenvalue weighted by atomic mass is 16.3. The summed E-state index contributed by atoms with van der Waals surface area (Å²) in [6.07, 6.45) is 9.31. The van der Waals surface area contributed by atoms with Crippen LogP contribution in [-0.2, 0) is 5.60 Å². The molecule has 0 fully saturated rings. The molecule has 64 valence electrons. The third kappa shape index (κ3) is 1.90. The maximum atomic E-state index is 9.85. The summed E-state index contributed by atoms with van der Waals surface area (Å²) in [5, 5.41) is 9.85. The normalized spacial score (nSPS) is 15.1. The van der Waals surface area contributed by atoms with Crippen LogP contribution in [0.3, 0.4) is 0 Å². The second-order valence-electron chi connectivity index (χ2n) is 2.99. The van der Waals surface area contributed by atoms with E-state index in [-0.39, 0.29) is 0 Å². The van der Waals surface area contributed by atoms with E-state index >= 15 is 0 Å². The fourth-order valence-electron chi connectivity index (χ4n) is 1.03. The van der Waals surface area contributed by atoms with Crippen LogP contribution in [0, 0.1) is 12.3 Å². The first-order valence-corrected chi connectivity index (χ1v) is 3.85. The second-order valence-corrected chi connectivity index (χ2v) is 2.99. The molecular formula is C10H12O2. The Hall–Kier alpha value is -1.20. The lowest BCUT2D eigenvalue weighted by molar-refractivity contribution is 0.0488. The van der Waals surface area contributed by atoms with Gasteiger partial charge in [0.05, 0.1) is 18.1 Å². The van der Waals surface area contributed by atoms with Gasteiger partial charge in [-0.05, 0) is 19.4 Å². The first-order chi connectivity index (χ1) is 5.67. The van der Waals surface area contributed by atoms with Gasteiger partial charge in [-0.25, -0.2) is 0 Å². The molecule has 1 N–H and O–H groups in total. The van der Waals surface area contributed by atoms with Crippen LogP contribution in [0.2, 0.25) is 0 Å². The quantitative estimate of drug-likeness (QED) is 0.692. The van der Waals surface area contributed by atoms with E-state index in [1.807, 2.05) is 0 Å². The van der Waals surface area contributed by atoms with Gasteiger partial charge < -0.3 is 9.52 Å². The number of hydrogen-bond acceptors (Lipinski definition) is 2. The van der Waals surface area contributed by atoms with Crippen LogP contribution in [0.4, 0.5) is 0 Å². The molecule has 0 saturated heterocycles. The number of furan rings is 1. The fourth-order valence-corrected chi connectivity index (χ4v) is 1.03. The lowest BCUT2D eigenvalue weighted by atomic mass is 9.94. The molecule has 0 saturated carbocycles. The summed E-state index contributed by atoms with van der Waals surface area (Å²) in [6.45, 7) is 1.73. The lowest BCUT2D eigenvalue weighted by Gasteiger charge is -2.19. The maximum Gasteiger partial charge on any atom is 0.0963 e. The van der Waals surface area contributed by atoms with Gasteiger partial charge in [-0.2, -0.15) is 0 Å². The van der Waals surface area contributed by atoms with Crippen LogP contribution < -0.4 is 0 Å². The zero-order valence-electron chi connectivity index (χ0n) is 7.08. The Morgan fingerprint density at radius 1 is 1.75 bits per heavy atom. The van der Waals surface area contributed by atoms with Crippen molar-refractivity contribution in [3.63, 3.8) is 0 Å². The Morgan fingerprint density at radius 2 is 2.50 bits per heavy atom. The topological polar surface area (TPSA) is 33.4 Å². The number of terminal acetylenes is 1. The van der Waals surface area contributed by atoms with Crippen molar-refractivity contribution in [3.05, 3.63) is 24.2 Å². The third-order valence-electron chi connectivity index (χ3n) is 1.90. The summed E-state index contributed by atoms with van der Waals surface area (Å²) in [6, 6.07) is 1.75. The van der Waals surface area contributed by atoms with Gasteiger partial charge >= 0.3 is 0 Å². The average Bonchev–Trinajstić information content (AvgIpc) is 2.53. The highest BCUT2D eigenvalue weighted by Crippen LogP contribution is 2.25. The molecule has 2 heteroatoms. The molecule has 0 amide bonds. The van der Waals surface area contributed by atoms with Crippen molar-refractivity contribution in [2.75, 3.05) is 0 Å². The molecule has 0 spiro atoms. The van der Waals surface area contributed by atoms with Crippen LogP contribution in [0.5, 0.6) is 0 Å². The summed E-state index contributed by atoms with van der Waals surface area (Å²) >= 11 is 0. The molecule has 0 aliphatic carbocycles. The van der Waals surface area contributed by atoms with Gasteiger partial charge in [0.2, 0.25) is 0 Å². The van der Waals surface area contributed by atoms with Gasteiger partial charge in [0, 0.05) is 12.0 Å². The van der Waals surface area contributed by atoms with Crippen LogP contribution in [-0.4, -0.2) is 5.11 Å². The number of hydrogen-bond donors (Lipinski definition) is 1. The summed E-state index contributed by atoms with van der Waals surface area (Å²) in [5.74, 6) is 2.50. The summed E-state index contributed by atoms with van der Waals surface area (Å²) in [5.41, 5.74) is -0.0860. The fraction of sp³-hybridized carbons (Fsp3) is 0.400. The zero-order valence-corrected chi connectivity index (χ0v) is 7.08. The lowest BCUT2D eigenvalue weighted by Crippen LogP contribution is -2.19. The van der Waals surface area contributed by atoms with E-state index in [9.17, 15) is 5.11 Å². The maximum absolute atomic E-state index is 9.85. The molecule has 0 aliphatic rings. The first kappa shape index (κ1) is 8.89. The van der Waals surface area contributed by atoms with Gasteiger partial charge in [-0.3, -0.25) is 0 Å². The molecule has 1 aromatic rings. The minimum atomic E-state index is -0.862. The van der Waals surface area contributed by atoms with Gasteiger partial charge in [0.25, 0.3) is 0 Å². The Labute approximate surface area is 72.2 Å². The van der Waals surface area contributed by atoms with Crippen molar-refractivity contribution in [1.29, 1.82) is 0 Å². The van der Waals surface area contributed by atoms with Crippen LogP contribution in [0.1, 0.15) is 25.3 Å². The Morgan fingerprint density at radius 3 is 3.00 bits per heavy atom. The van der Waals surface area contributed by atoms with E-state index < -0.39 is 5.60 Å². The molecular weight excluding hydrogens is 152 g/mol. The minimum absolute atomic E-state index is 0.559. The van der Waals surface area contributed by atoms with E-state index in [0.717, 1.165) is 5.56 Å². The van der Waals surface area contributed by atoms with Crippen LogP contribution in [0.15, 0.2) is 23.0 Å². The standard InChI is InChI=1S/C10H12O2/c1-3-4-6-10(2,11)9-5-7-12-8-9/h1,5,7-8,11H,4,6H2,2H3. The van der Waals surface area contributed by atoms with E-state index in [1.165, 1.54) is 6.26 Å². The molecule has 0 bridgehead atoms. The molecule has 1 atom stereocenters. The van der Waals surface area contributed by atoms with E-state index in [1.54, 1.807) is 19.3 Å². The highest BCUT2D eigenvalue weighted by Gasteiger charge is 2.22. The minimum Gasteiger partial charge on any atom is -0.472 e. The Balaban J connectivity index is 2.67. The summed E-state index contributed by atoms with van der Waals surface area (Å²) < 4.78 is 4.87. The molecule has 0 radical (unpaired) electrons. The van der Waals surface area contributed by atoms with E-state index in [0.29, 0.717) is 12.8 Å². The van der Waals surface area contributed by atoms with E-state index in [2.05, 4.69) is 5.92 Å². The summed E-state index contributed by atoms with van der Waals surface area (Å²) in [7, 11) is 0. The predicted molar refractivity (Wildman–Crippen MR) is 46.3 cm³/mol. The molecule has 12 heavy (non-hydrogen) atoms. The first-order valence-electron chi connectivity index (χ1n) is 3.85. The Bertz CT molecular complexity index is 265. The smallest absolute Gasteiger partial charge is 0.0963 e. The summed E-state index contributed by atoms with van der Waals surface area (Å²) in [4.78, 5) is 0. The zero-order chi connectivity index (χ0) is 9.03. The SMILES string of the molecule is C#CCCC(C)(O)c1ccoc1. The van der Waals surface area contributed by atoms with Crippen molar-refractivity contribution >= 4 is 0 Å². The van der Waals surface area contributed by atoms with Crippen LogP contribution >= 0.6 is 0 Å². The van der Waals surface area contributed by atoms with Gasteiger partial charge in [-0.1, -0.05) is 0 Å². The van der Waals surface area contributed by atoms with Gasteiger partial charge in [-0.15, -0.1) is 12.3 Å².